The van der Waals surface area contributed by atoms with Crippen LogP contribution in [0.5, 0.6) is 0 Å². The van der Waals surface area contributed by atoms with Gasteiger partial charge in [-0.2, -0.15) is 0 Å². The van der Waals surface area contributed by atoms with Gasteiger partial charge in [0.15, 0.2) is 0 Å². The zero-order valence-corrected chi connectivity index (χ0v) is 11.8. The van der Waals surface area contributed by atoms with Gasteiger partial charge in [-0.15, -0.1) is 0 Å². The molecule has 2 aromatic carbocycles. The van der Waals surface area contributed by atoms with Crippen LogP contribution in [0.4, 0.5) is 0 Å². The zero-order chi connectivity index (χ0) is 13.2. The van der Waals surface area contributed by atoms with Crippen LogP contribution in [0.1, 0.15) is 16.7 Å². The Labute approximate surface area is 109 Å². The fourth-order valence-corrected chi connectivity index (χ4v) is 3.27. The summed E-state index contributed by atoms with van der Waals surface area (Å²) in [5.74, 6) is 0. The molecule has 0 bridgehead atoms. The maximum atomic E-state index is 12.7. The van der Waals surface area contributed by atoms with E-state index in [1.54, 1.807) is 6.26 Å². The van der Waals surface area contributed by atoms with E-state index in [0.717, 1.165) is 10.5 Å². The van der Waals surface area contributed by atoms with E-state index in [9.17, 15) is 4.21 Å². The topological polar surface area (TPSA) is 17.1 Å². The van der Waals surface area contributed by atoms with Crippen LogP contribution in [0, 0.1) is 13.8 Å². The Morgan fingerprint density at radius 2 is 1.28 bits per heavy atom. The third-order valence-corrected chi connectivity index (χ3v) is 4.86. The van der Waals surface area contributed by atoms with Gasteiger partial charge in [0, 0.05) is 26.0 Å². The van der Waals surface area contributed by atoms with Gasteiger partial charge < -0.3 is 0 Å². The van der Waals surface area contributed by atoms with E-state index in [-0.39, 0.29) is 0 Å². The van der Waals surface area contributed by atoms with Crippen molar-refractivity contribution in [3.63, 3.8) is 0 Å². The molecule has 0 aromatic heterocycles. The molecule has 0 N–H and O–H groups in total. The Bertz CT molecular complexity index is 643. The highest BCUT2D eigenvalue weighted by Crippen LogP contribution is 2.12. The van der Waals surface area contributed by atoms with Gasteiger partial charge in [0.1, 0.15) is 0 Å². The monoisotopic (exact) mass is 258 g/mol. The standard InChI is InChI=1S/C16H18OS/c1-13-4-8-15(9-5-13)12-18(3,17)16-10-6-14(2)7-11-16/h4-12H,1-3H3. The minimum Gasteiger partial charge on any atom is -0.263 e. The molecular weight excluding hydrogens is 240 g/mol. The van der Waals surface area contributed by atoms with E-state index in [1.807, 2.05) is 67.7 Å². The van der Waals surface area contributed by atoms with Gasteiger partial charge >= 0.3 is 0 Å². The summed E-state index contributed by atoms with van der Waals surface area (Å²) >= 11 is 0. The second kappa shape index (κ2) is 4.99. The molecule has 0 aliphatic rings. The molecule has 0 aliphatic heterocycles. The predicted octanol–water partition coefficient (Wildman–Crippen LogP) is 3.43. The van der Waals surface area contributed by atoms with E-state index >= 15 is 0 Å². The van der Waals surface area contributed by atoms with Crippen LogP contribution in [-0.2, 0) is 9.52 Å². The van der Waals surface area contributed by atoms with Crippen LogP contribution >= 0.6 is 0 Å². The van der Waals surface area contributed by atoms with Crippen LogP contribution in [0.15, 0.2) is 53.4 Å². The highest BCUT2D eigenvalue weighted by molar-refractivity contribution is 8.01. The van der Waals surface area contributed by atoms with Crippen molar-refractivity contribution >= 4 is 14.9 Å². The molecule has 18 heavy (non-hydrogen) atoms. The average molecular weight is 258 g/mol. The molecule has 1 atom stereocenters. The third-order valence-electron chi connectivity index (χ3n) is 2.93. The van der Waals surface area contributed by atoms with Gasteiger partial charge in [-0.3, -0.25) is 4.21 Å². The van der Waals surface area contributed by atoms with E-state index in [4.69, 9.17) is 0 Å². The van der Waals surface area contributed by atoms with E-state index < -0.39 is 9.52 Å². The first-order chi connectivity index (χ1) is 8.47. The lowest BCUT2D eigenvalue weighted by molar-refractivity contribution is 0.684. The molecule has 0 radical (unpaired) electrons. The van der Waals surface area contributed by atoms with Crippen LogP contribution in [0.2, 0.25) is 0 Å². The number of hydrogen-bond acceptors (Lipinski definition) is 1. The molecule has 0 amide bonds. The first-order valence-corrected chi connectivity index (χ1v) is 7.98. The quantitative estimate of drug-likeness (QED) is 0.754. The smallest absolute Gasteiger partial charge is 0.0308 e. The number of aryl methyl sites for hydroxylation is 2. The Kier molecular flexibility index (Phi) is 3.58. The molecule has 1 unspecified atom stereocenters. The summed E-state index contributed by atoms with van der Waals surface area (Å²) in [6, 6.07) is 16.0. The molecule has 94 valence electrons. The van der Waals surface area contributed by atoms with Gasteiger partial charge in [0.05, 0.1) is 0 Å². The average Bonchev–Trinajstić information content (AvgIpc) is 2.32. The van der Waals surface area contributed by atoms with Gasteiger partial charge in [-0.05, 0) is 31.5 Å². The van der Waals surface area contributed by atoms with Crippen molar-refractivity contribution in [1.29, 1.82) is 0 Å². The summed E-state index contributed by atoms with van der Waals surface area (Å²) in [5.41, 5.74) is 3.41. The molecule has 2 aromatic rings. The number of benzene rings is 2. The highest BCUT2D eigenvalue weighted by atomic mass is 32.2. The Balaban J connectivity index is 2.44. The van der Waals surface area contributed by atoms with Gasteiger partial charge in [-0.25, -0.2) is 0 Å². The molecule has 0 fully saturated rings. The molecule has 1 nitrogen and oxygen atoms in total. The summed E-state index contributed by atoms with van der Waals surface area (Å²) in [6.45, 7) is 4.08. The van der Waals surface area contributed by atoms with E-state index in [1.165, 1.54) is 11.1 Å². The van der Waals surface area contributed by atoms with Gasteiger partial charge in [0.2, 0.25) is 0 Å². The fourth-order valence-electron chi connectivity index (χ4n) is 1.78. The van der Waals surface area contributed by atoms with E-state index in [2.05, 4.69) is 0 Å². The Morgan fingerprint density at radius 1 is 0.833 bits per heavy atom. The Morgan fingerprint density at radius 3 is 1.78 bits per heavy atom. The molecule has 0 saturated heterocycles. The molecule has 0 saturated carbocycles. The molecule has 0 aliphatic carbocycles. The molecular formula is C16H18OS. The zero-order valence-electron chi connectivity index (χ0n) is 11.0. The van der Waals surface area contributed by atoms with Gasteiger partial charge in [-0.1, -0.05) is 47.5 Å². The maximum Gasteiger partial charge on any atom is 0.0308 e. The lowest BCUT2D eigenvalue weighted by Crippen LogP contribution is -2.03. The van der Waals surface area contributed by atoms with Crippen molar-refractivity contribution in [2.45, 2.75) is 18.7 Å². The molecule has 0 spiro atoms. The molecule has 0 heterocycles. The van der Waals surface area contributed by atoms with Crippen molar-refractivity contribution in [3.8, 4) is 0 Å². The normalized spacial score (nSPS) is 13.9. The minimum atomic E-state index is -2.12. The lowest BCUT2D eigenvalue weighted by atomic mass is 10.2. The summed E-state index contributed by atoms with van der Waals surface area (Å²) < 4.78 is 12.7. The van der Waals surface area contributed by atoms with Crippen molar-refractivity contribution in [2.75, 3.05) is 6.26 Å². The largest absolute Gasteiger partial charge is 0.263 e. The Hall–Kier alpha value is -1.54. The number of hydrogen-bond donors (Lipinski definition) is 0. The molecule has 2 heteroatoms. The highest BCUT2D eigenvalue weighted by Gasteiger charge is 2.04. The van der Waals surface area contributed by atoms with Crippen LogP contribution in [0.3, 0.4) is 0 Å². The van der Waals surface area contributed by atoms with Crippen LogP contribution in [0.25, 0.3) is 0 Å². The predicted molar refractivity (Wildman–Crippen MR) is 79.9 cm³/mol. The first kappa shape index (κ1) is 12.9. The second-order valence-corrected chi connectivity index (χ2v) is 7.26. The van der Waals surface area contributed by atoms with Gasteiger partial charge in [0.25, 0.3) is 0 Å². The van der Waals surface area contributed by atoms with Crippen LogP contribution in [-0.4, -0.2) is 15.8 Å². The summed E-state index contributed by atoms with van der Waals surface area (Å²) in [6.07, 6.45) is 1.79. The number of rotatable bonds is 2. The SMILES string of the molecule is Cc1ccc(C=S(C)(=O)c2ccc(C)cc2)cc1. The van der Waals surface area contributed by atoms with Crippen molar-refractivity contribution in [3.05, 3.63) is 65.2 Å². The summed E-state index contributed by atoms with van der Waals surface area (Å²) in [4.78, 5) is 0.883. The fraction of sp³-hybridized carbons (Fsp3) is 0.188. The first-order valence-electron chi connectivity index (χ1n) is 5.95. The van der Waals surface area contributed by atoms with Crippen LogP contribution < -0.4 is 0 Å². The third kappa shape index (κ3) is 3.02. The minimum absolute atomic E-state index is 0.883. The van der Waals surface area contributed by atoms with E-state index in [0.29, 0.717) is 0 Å². The summed E-state index contributed by atoms with van der Waals surface area (Å²) in [5, 5.41) is 1.86. The van der Waals surface area contributed by atoms with Crippen molar-refractivity contribution in [1.82, 2.24) is 0 Å². The summed E-state index contributed by atoms with van der Waals surface area (Å²) in [7, 11) is -2.12. The second-order valence-electron chi connectivity index (χ2n) is 4.75. The molecule has 2 rings (SSSR count). The maximum absolute atomic E-state index is 12.7. The lowest BCUT2D eigenvalue weighted by Gasteiger charge is -2.06. The van der Waals surface area contributed by atoms with Crippen molar-refractivity contribution < 1.29 is 4.21 Å². The van der Waals surface area contributed by atoms with Crippen molar-refractivity contribution in [2.24, 2.45) is 0 Å².